The smallest absolute Gasteiger partial charge is 0.260 e. The lowest BCUT2D eigenvalue weighted by Gasteiger charge is -2.21. The standard InChI is InChI=1S/C13H18ClN3O3S/c1-9(2)10(6-8-18)16-21(19,20)13-12(14)15-11-5-3-4-7-17(11)13/h3-5,7,9-10,16,18H,6,8H2,1-2H3. The Bertz CT molecular complexity index is 727. The molecule has 21 heavy (non-hydrogen) atoms. The molecule has 0 fully saturated rings. The van der Waals surface area contributed by atoms with Crippen LogP contribution in [-0.2, 0) is 10.0 Å². The van der Waals surface area contributed by atoms with Crippen molar-refractivity contribution in [3.63, 3.8) is 0 Å². The molecule has 0 radical (unpaired) electrons. The van der Waals surface area contributed by atoms with Crippen LogP contribution in [0.5, 0.6) is 0 Å². The van der Waals surface area contributed by atoms with Gasteiger partial charge in [0.15, 0.2) is 10.2 Å². The van der Waals surface area contributed by atoms with Crippen molar-refractivity contribution in [2.45, 2.75) is 31.3 Å². The Morgan fingerprint density at radius 1 is 1.43 bits per heavy atom. The second kappa shape index (κ2) is 6.31. The first kappa shape index (κ1) is 16.2. The van der Waals surface area contributed by atoms with Crippen molar-refractivity contribution in [1.82, 2.24) is 14.1 Å². The van der Waals surface area contributed by atoms with Crippen LogP contribution < -0.4 is 4.72 Å². The highest BCUT2D eigenvalue weighted by molar-refractivity contribution is 7.89. The Morgan fingerprint density at radius 2 is 2.14 bits per heavy atom. The molecular formula is C13H18ClN3O3S. The molecular weight excluding hydrogens is 314 g/mol. The molecule has 0 saturated carbocycles. The lowest BCUT2D eigenvalue weighted by Crippen LogP contribution is -2.39. The van der Waals surface area contributed by atoms with E-state index in [2.05, 4.69) is 9.71 Å². The molecule has 2 aromatic heterocycles. The van der Waals surface area contributed by atoms with Gasteiger partial charge in [0.25, 0.3) is 10.0 Å². The van der Waals surface area contributed by atoms with Crippen LogP contribution in [-0.4, -0.2) is 35.6 Å². The fraction of sp³-hybridized carbons (Fsp3) is 0.462. The topological polar surface area (TPSA) is 83.7 Å². The van der Waals surface area contributed by atoms with E-state index in [4.69, 9.17) is 16.7 Å². The van der Waals surface area contributed by atoms with Crippen LogP contribution in [0.25, 0.3) is 5.65 Å². The predicted molar refractivity (Wildman–Crippen MR) is 80.9 cm³/mol. The van der Waals surface area contributed by atoms with Crippen molar-refractivity contribution in [3.8, 4) is 0 Å². The SMILES string of the molecule is CC(C)C(CCO)NS(=O)(=O)c1c(Cl)nc2ccccn12. The van der Waals surface area contributed by atoms with Gasteiger partial charge < -0.3 is 5.11 Å². The first-order valence-electron chi connectivity index (χ1n) is 6.62. The minimum atomic E-state index is -3.83. The number of nitrogens with one attached hydrogen (secondary N) is 1. The van der Waals surface area contributed by atoms with Crippen molar-refractivity contribution >= 4 is 27.3 Å². The summed E-state index contributed by atoms with van der Waals surface area (Å²) in [6, 6.07) is 4.77. The number of pyridine rings is 1. The largest absolute Gasteiger partial charge is 0.396 e. The Balaban J connectivity index is 2.44. The summed E-state index contributed by atoms with van der Waals surface area (Å²) in [7, 11) is -3.83. The summed E-state index contributed by atoms with van der Waals surface area (Å²) < 4.78 is 29.2. The zero-order chi connectivity index (χ0) is 15.6. The summed E-state index contributed by atoms with van der Waals surface area (Å²) in [4.78, 5) is 4.04. The molecule has 8 heteroatoms. The minimum absolute atomic E-state index is 0.0462. The van der Waals surface area contributed by atoms with Crippen molar-refractivity contribution < 1.29 is 13.5 Å². The molecule has 1 unspecified atom stereocenters. The van der Waals surface area contributed by atoms with E-state index in [1.807, 2.05) is 13.8 Å². The molecule has 0 amide bonds. The van der Waals surface area contributed by atoms with Gasteiger partial charge in [-0.3, -0.25) is 4.40 Å². The molecule has 0 aliphatic carbocycles. The van der Waals surface area contributed by atoms with Crippen molar-refractivity contribution in [2.75, 3.05) is 6.61 Å². The van der Waals surface area contributed by atoms with Crippen LogP contribution in [0.1, 0.15) is 20.3 Å². The molecule has 0 bridgehead atoms. The average Bonchev–Trinajstić information content (AvgIpc) is 2.74. The third kappa shape index (κ3) is 3.37. The Kier molecular flexibility index (Phi) is 4.88. The van der Waals surface area contributed by atoms with Gasteiger partial charge in [0.2, 0.25) is 0 Å². The number of halogens is 1. The van der Waals surface area contributed by atoms with E-state index < -0.39 is 10.0 Å². The monoisotopic (exact) mass is 331 g/mol. The molecule has 0 spiro atoms. The number of fused-ring (bicyclic) bond motifs is 1. The second-order valence-electron chi connectivity index (χ2n) is 5.12. The number of hydrogen-bond acceptors (Lipinski definition) is 4. The zero-order valence-electron chi connectivity index (χ0n) is 11.8. The first-order chi connectivity index (χ1) is 9.86. The van der Waals surface area contributed by atoms with Crippen LogP contribution in [0.4, 0.5) is 0 Å². The molecule has 6 nitrogen and oxygen atoms in total. The maximum absolute atomic E-state index is 12.6. The van der Waals surface area contributed by atoms with Gasteiger partial charge in [0, 0.05) is 18.8 Å². The molecule has 0 aromatic carbocycles. The number of aromatic nitrogens is 2. The lowest BCUT2D eigenvalue weighted by atomic mass is 10.0. The molecule has 2 N–H and O–H groups in total. The maximum atomic E-state index is 12.6. The quantitative estimate of drug-likeness (QED) is 0.843. The molecule has 0 saturated heterocycles. The molecule has 0 aliphatic heterocycles. The van der Waals surface area contributed by atoms with Gasteiger partial charge in [-0.15, -0.1) is 0 Å². The van der Waals surface area contributed by atoms with E-state index in [-0.39, 0.29) is 28.7 Å². The number of aliphatic hydroxyl groups is 1. The van der Waals surface area contributed by atoms with Crippen LogP contribution in [0.2, 0.25) is 5.15 Å². The van der Waals surface area contributed by atoms with E-state index >= 15 is 0 Å². The molecule has 2 rings (SSSR count). The minimum Gasteiger partial charge on any atom is -0.396 e. The van der Waals surface area contributed by atoms with Gasteiger partial charge in [-0.2, -0.15) is 0 Å². The van der Waals surface area contributed by atoms with Crippen molar-refractivity contribution in [2.24, 2.45) is 5.92 Å². The third-order valence-electron chi connectivity index (χ3n) is 3.25. The van der Waals surface area contributed by atoms with E-state index in [9.17, 15) is 8.42 Å². The highest BCUT2D eigenvalue weighted by Gasteiger charge is 2.28. The number of hydrogen-bond donors (Lipinski definition) is 2. The second-order valence-corrected chi connectivity index (χ2v) is 7.11. The number of aliphatic hydroxyl groups excluding tert-OH is 1. The summed E-state index contributed by atoms with van der Waals surface area (Å²) in [5.74, 6) is 0.0462. The van der Waals surface area contributed by atoms with Crippen LogP contribution in [0.3, 0.4) is 0 Å². The van der Waals surface area contributed by atoms with Crippen molar-refractivity contribution in [3.05, 3.63) is 29.5 Å². The lowest BCUT2D eigenvalue weighted by molar-refractivity contribution is 0.255. The summed E-state index contributed by atoms with van der Waals surface area (Å²) in [5, 5.41) is 8.91. The molecule has 2 heterocycles. The number of nitrogens with zero attached hydrogens (tertiary/aromatic N) is 2. The predicted octanol–water partition coefficient (Wildman–Crippen LogP) is 1.67. The number of imidazole rings is 1. The van der Waals surface area contributed by atoms with Crippen LogP contribution >= 0.6 is 11.6 Å². The normalized spacial score (nSPS) is 14.0. The number of sulfonamides is 1. The van der Waals surface area contributed by atoms with E-state index in [1.165, 1.54) is 4.40 Å². The Hall–Kier alpha value is -1.15. The zero-order valence-corrected chi connectivity index (χ0v) is 13.4. The molecule has 116 valence electrons. The summed E-state index contributed by atoms with van der Waals surface area (Å²) in [5.41, 5.74) is 0.464. The van der Waals surface area contributed by atoms with E-state index in [0.717, 1.165) is 0 Å². The molecule has 1 atom stereocenters. The highest BCUT2D eigenvalue weighted by Crippen LogP contribution is 2.23. The molecule has 0 aliphatic rings. The Morgan fingerprint density at radius 3 is 2.76 bits per heavy atom. The summed E-state index contributed by atoms with van der Waals surface area (Å²) in [6.07, 6.45) is 1.93. The fourth-order valence-electron chi connectivity index (χ4n) is 2.11. The summed E-state index contributed by atoms with van der Waals surface area (Å²) in [6.45, 7) is 3.68. The highest BCUT2D eigenvalue weighted by atomic mass is 35.5. The van der Waals surface area contributed by atoms with Gasteiger partial charge in [-0.1, -0.05) is 31.5 Å². The van der Waals surface area contributed by atoms with Gasteiger partial charge >= 0.3 is 0 Å². The Labute approximate surface area is 128 Å². The van der Waals surface area contributed by atoms with Gasteiger partial charge in [-0.25, -0.2) is 18.1 Å². The first-order valence-corrected chi connectivity index (χ1v) is 8.48. The van der Waals surface area contributed by atoms with Gasteiger partial charge in [-0.05, 0) is 24.5 Å². The van der Waals surface area contributed by atoms with Crippen molar-refractivity contribution in [1.29, 1.82) is 0 Å². The fourth-order valence-corrected chi connectivity index (χ4v) is 4.17. The maximum Gasteiger partial charge on any atom is 0.260 e. The van der Waals surface area contributed by atoms with E-state index in [0.29, 0.717) is 12.1 Å². The molecule has 2 aromatic rings. The third-order valence-corrected chi connectivity index (χ3v) is 5.14. The van der Waals surface area contributed by atoms with E-state index in [1.54, 1.807) is 24.4 Å². The average molecular weight is 332 g/mol. The van der Waals surface area contributed by atoms with Gasteiger partial charge in [0.1, 0.15) is 5.65 Å². The van der Waals surface area contributed by atoms with Crippen LogP contribution in [0, 0.1) is 5.92 Å². The summed E-state index contributed by atoms with van der Waals surface area (Å²) >= 11 is 5.99. The van der Waals surface area contributed by atoms with Gasteiger partial charge in [0.05, 0.1) is 0 Å². The number of rotatable bonds is 6. The van der Waals surface area contributed by atoms with Crippen LogP contribution in [0.15, 0.2) is 29.4 Å².